The van der Waals surface area contributed by atoms with Crippen LogP contribution in [0.25, 0.3) is 0 Å². The van der Waals surface area contributed by atoms with Crippen LogP contribution in [0.4, 0.5) is 10.6 Å². The predicted octanol–water partition coefficient (Wildman–Crippen LogP) is 2.88. The van der Waals surface area contributed by atoms with Crippen LogP contribution in [0.1, 0.15) is 42.0 Å². The summed E-state index contributed by atoms with van der Waals surface area (Å²) in [6.07, 6.45) is 2.57. The summed E-state index contributed by atoms with van der Waals surface area (Å²) in [7, 11) is 0. The second kappa shape index (κ2) is 9.09. The SMILES string of the molecule is CC1CCc2ncnc(N3CCN(C(=O)C(CNC(=O)O)c4ccc(Cl)cc4)CC3)c21. The van der Waals surface area contributed by atoms with Crippen molar-refractivity contribution in [1.29, 1.82) is 0 Å². The van der Waals surface area contributed by atoms with Gasteiger partial charge in [-0.15, -0.1) is 0 Å². The van der Waals surface area contributed by atoms with Crippen molar-refractivity contribution in [3.05, 3.63) is 52.4 Å². The van der Waals surface area contributed by atoms with E-state index in [1.54, 1.807) is 30.6 Å². The molecule has 1 aromatic carbocycles. The summed E-state index contributed by atoms with van der Waals surface area (Å²) >= 11 is 5.98. The lowest BCUT2D eigenvalue weighted by Gasteiger charge is -2.38. The number of aromatic nitrogens is 2. The molecule has 2 heterocycles. The number of aryl methyl sites for hydroxylation is 1. The third kappa shape index (κ3) is 4.58. The third-order valence-electron chi connectivity index (χ3n) is 6.17. The fourth-order valence-corrected chi connectivity index (χ4v) is 4.59. The number of nitrogens with one attached hydrogen (secondary N) is 1. The minimum Gasteiger partial charge on any atom is -0.465 e. The van der Waals surface area contributed by atoms with Crippen molar-refractivity contribution in [1.82, 2.24) is 20.2 Å². The van der Waals surface area contributed by atoms with Gasteiger partial charge in [0.25, 0.3) is 0 Å². The molecule has 1 fully saturated rings. The average molecular weight is 444 g/mol. The number of hydrogen-bond acceptors (Lipinski definition) is 5. The molecule has 0 radical (unpaired) electrons. The van der Waals surface area contributed by atoms with Gasteiger partial charge < -0.3 is 20.2 Å². The average Bonchev–Trinajstić information content (AvgIpc) is 3.16. The van der Waals surface area contributed by atoms with Gasteiger partial charge in [0.2, 0.25) is 5.91 Å². The number of amides is 2. The van der Waals surface area contributed by atoms with Crippen molar-refractivity contribution in [2.45, 2.75) is 31.6 Å². The van der Waals surface area contributed by atoms with E-state index in [1.807, 2.05) is 4.90 Å². The molecular formula is C22H26ClN5O3. The molecule has 9 heteroatoms. The first kappa shape index (κ1) is 21.4. The molecule has 2 N–H and O–H groups in total. The molecule has 1 aliphatic carbocycles. The maximum Gasteiger partial charge on any atom is 0.404 e. The van der Waals surface area contributed by atoms with Gasteiger partial charge >= 0.3 is 6.09 Å². The van der Waals surface area contributed by atoms with Crippen LogP contribution < -0.4 is 10.2 Å². The maximum absolute atomic E-state index is 13.3. The molecule has 1 saturated heterocycles. The number of fused-ring (bicyclic) bond motifs is 1. The smallest absolute Gasteiger partial charge is 0.404 e. The highest BCUT2D eigenvalue weighted by Gasteiger charge is 2.32. The molecule has 4 rings (SSSR count). The lowest BCUT2D eigenvalue weighted by atomic mass is 9.97. The lowest BCUT2D eigenvalue weighted by Crippen LogP contribution is -2.51. The van der Waals surface area contributed by atoms with Crippen molar-refractivity contribution in [3.8, 4) is 0 Å². The summed E-state index contributed by atoms with van der Waals surface area (Å²) in [5.74, 6) is 0.756. The number of halogens is 1. The van der Waals surface area contributed by atoms with Gasteiger partial charge in [-0.2, -0.15) is 0 Å². The van der Waals surface area contributed by atoms with Crippen LogP contribution >= 0.6 is 11.6 Å². The van der Waals surface area contributed by atoms with Gasteiger partial charge in [-0.05, 0) is 36.5 Å². The summed E-state index contributed by atoms with van der Waals surface area (Å²) in [5.41, 5.74) is 3.12. The van der Waals surface area contributed by atoms with Gasteiger partial charge in [0, 0.05) is 49.0 Å². The summed E-state index contributed by atoms with van der Waals surface area (Å²) in [4.78, 5) is 37.4. The molecule has 164 valence electrons. The molecule has 2 aromatic rings. The van der Waals surface area contributed by atoms with Crippen LogP contribution in [0, 0.1) is 0 Å². The Morgan fingerprint density at radius 2 is 1.90 bits per heavy atom. The fourth-order valence-electron chi connectivity index (χ4n) is 4.47. The van der Waals surface area contributed by atoms with Crippen LogP contribution in [-0.4, -0.2) is 64.7 Å². The molecule has 2 unspecified atom stereocenters. The number of carboxylic acid groups (broad SMARTS) is 1. The molecule has 1 aliphatic heterocycles. The molecule has 2 atom stereocenters. The Morgan fingerprint density at radius 1 is 1.19 bits per heavy atom. The fraction of sp³-hybridized carbons (Fsp3) is 0.455. The Kier molecular flexibility index (Phi) is 6.27. The highest BCUT2D eigenvalue weighted by molar-refractivity contribution is 6.30. The Morgan fingerprint density at radius 3 is 2.58 bits per heavy atom. The minimum absolute atomic E-state index is 0.0208. The Hall–Kier alpha value is -2.87. The monoisotopic (exact) mass is 443 g/mol. The zero-order valence-electron chi connectivity index (χ0n) is 17.4. The molecule has 8 nitrogen and oxygen atoms in total. The molecule has 2 amide bonds. The first-order chi connectivity index (χ1) is 14.9. The number of nitrogens with zero attached hydrogens (tertiary/aromatic N) is 4. The van der Waals surface area contributed by atoms with E-state index >= 15 is 0 Å². The van der Waals surface area contributed by atoms with Crippen molar-refractivity contribution >= 4 is 29.4 Å². The van der Waals surface area contributed by atoms with Gasteiger partial charge in [0.1, 0.15) is 12.1 Å². The summed E-state index contributed by atoms with van der Waals surface area (Å²) < 4.78 is 0. The van der Waals surface area contributed by atoms with Crippen molar-refractivity contribution in [2.24, 2.45) is 0 Å². The van der Waals surface area contributed by atoms with Crippen LogP contribution in [0.15, 0.2) is 30.6 Å². The van der Waals surface area contributed by atoms with E-state index in [0.29, 0.717) is 37.1 Å². The highest BCUT2D eigenvalue weighted by atomic mass is 35.5. The molecule has 0 bridgehead atoms. The standard InChI is InChI=1S/C22H26ClN5O3/c1-14-2-7-18-19(14)20(26-13-25-18)27-8-10-28(11-9-27)21(29)17(12-24-22(30)31)15-3-5-16(23)6-4-15/h3-6,13-14,17,24H,2,7-12H2,1H3,(H,30,31). The first-order valence-corrected chi connectivity index (χ1v) is 10.9. The van der Waals surface area contributed by atoms with Gasteiger partial charge in [-0.1, -0.05) is 30.7 Å². The van der Waals surface area contributed by atoms with Gasteiger partial charge in [0.05, 0.1) is 5.92 Å². The zero-order chi connectivity index (χ0) is 22.0. The van der Waals surface area contributed by atoms with E-state index in [1.165, 1.54) is 5.56 Å². The molecule has 31 heavy (non-hydrogen) atoms. The van der Waals surface area contributed by atoms with Crippen molar-refractivity contribution < 1.29 is 14.7 Å². The van der Waals surface area contributed by atoms with Gasteiger partial charge in [-0.3, -0.25) is 4.79 Å². The summed E-state index contributed by atoms with van der Waals surface area (Å²) in [6.45, 7) is 4.72. The number of piperazine rings is 1. The number of hydrogen-bond donors (Lipinski definition) is 2. The largest absolute Gasteiger partial charge is 0.465 e. The second-order valence-electron chi connectivity index (χ2n) is 8.10. The van der Waals surface area contributed by atoms with Crippen LogP contribution in [0.3, 0.4) is 0 Å². The minimum atomic E-state index is -1.15. The van der Waals surface area contributed by atoms with Gasteiger partial charge in [0.15, 0.2) is 0 Å². The van der Waals surface area contributed by atoms with Crippen molar-refractivity contribution in [3.63, 3.8) is 0 Å². The van der Waals surface area contributed by atoms with Crippen LogP contribution in [-0.2, 0) is 11.2 Å². The van der Waals surface area contributed by atoms with Crippen molar-refractivity contribution in [2.75, 3.05) is 37.6 Å². The quantitative estimate of drug-likeness (QED) is 0.737. The number of carbonyl (C=O) groups excluding carboxylic acids is 1. The van der Waals surface area contributed by atoms with Crippen LogP contribution in [0.5, 0.6) is 0 Å². The summed E-state index contributed by atoms with van der Waals surface area (Å²) in [6, 6.07) is 6.98. The van der Waals surface area contributed by atoms with E-state index in [4.69, 9.17) is 16.7 Å². The third-order valence-corrected chi connectivity index (χ3v) is 6.42. The van der Waals surface area contributed by atoms with E-state index in [-0.39, 0.29) is 12.5 Å². The number of anilines is 1. The molecule has 1 aromatic heterocycles. The Balaban J connectivity index is 1.46. The van der Waals surface area contributed by atoms with E-state index in [0.717, 1.165) is 29.9 Å². The Labute approximate surface area is 186 Å². The topological polar surface area (TPSA) is 98.7 Å². The molecular weight excluding hydrogens is 418 g/mol. The van der Waals surface area contributed by atoms with E-state index in [2.05, 4.69) is 27.1 Å². The zero-order valence-corrected chi connectivity index (χ0v) is 18.2. The normalized spacial score (nSPS) is 19.1. The molecule has 0 saturated carbocycles. The lowest BCUT2D eigenvalue weighted by molar-refractivity contribution is -0.133. The maximum atomic E-state index is 13.3. The number of carbonyl (C=O) groups is 2. The number of rotatable bonds is 5. The van der Waals surface area contributed by atoms with E-state index < -0.39 is 12.0 Å². The first-order valence-electron chi connectivity index (χ1n) is 10.5. The van der Waals surface area contributed by atoms with Gasteiger partial charge in [-0.25, -0.2) is 14.8 Å². The van der Waals surface area contributed by atoms with E-state index in [9.17, 15) is 9.59 Å². The highest BCUT2D eigenvalue weighted by Crippen LogP contribution is 2.37. The summed E-state index contributed by atoms with van der Waals surface area (Å²) in [5, 5.41) is 12.0. The number of benzene rings is 1. The Bertz CT molecular complexity index is 960. The van der Waals surface area contributed by atoms with Crippen LogP contribution in [0.2, 0.25) is 5.02 Å². The molecule has 2 aliphatic rings. The predicted molar refractivity (Wildman–Crippen MR) is 118 cm³/mol. The molecule has 0 spiro atoms. The second-order valence-corrected chi connectivity index (χ2v) is 8.54.